The number of nitrogens with two attached hydrogens (primary N) is 1. The standard InChI is InChI=1S/C27H29FN4O9/c1-31(2)19-12-4-8-3-10-15(20(34)14(8)23(37)27(12,41)24(38)16(22(19)36)25(29)39)21(35)18-11(17(10)28)7-32-6-9(33)5-13(32)26(40)30-18/h8-9,12-13,19,33,35-37,41H,3-7H2,1-2H3,(H2,29,39)(H,30,40)/t8-,9-,12-,13-,19-,27-/m0/s1. The number of amides is 2. The zero-order valence-electron chi connectivity index (χ0n) is 22.1. The number of hydrogen-bond donors (Lipinski definition) is 7. The first kappa shape index (κ1) is 27.3. The number of likely N-dealkylation sites (N-methyl/N-ethyl adjacent to an activating group) is 1. The summed E-state index contributed by atoms with van der Waals surface area (Å²) in [6.45, 7) is -0.00887. The van der Waals surface area contributed by atoms with Crippen LogP contribution in [-0.4, -0.2) is 103 Å². The number of primary amides is 1. The molecule has 2 amide bonds. The van der Waals surface area contributed by atoms with Gasteiger partial charge in [0.05, 0.1) is 29.4 Å². The average Bonchev–Trinajstić information content (AvgIpc) is 3.19. The van der Waals surface area contributed by atoms with Gasteiger partial charge < -0.3 is 36.6 Å². The highest BCUT2D eigenvalue weighted by molar-refractivity contribution is 6.25. The summed E-state index contributed by atoms with van der Waals surface area (Å²) in [7, 11) is 3.02. The molecular weight excluding hydrogens is 543 g/mol. The van der Waals surface area contributed by atoms with E-state index in [1.165, 1.54) is 19.0 Å². The van der Waals surface area contributed by atoms with Gasteiger partial charge in [0.1, 0.15) is 22.9 Å². The minimum Gasteiger partial charge on any atom is -0.510 e. The fourth-order valence-corrected chi connectivity index (χ4v) is 7.42. The number of allylic oxidation sites excluding steroid dienone is 1. The predicted molar refractivity (Wildman–Crippen MR) is 137 cm³/mol. The second-order valence-corrected chi connectivity index (χ2v) is 11.7. The number of aliphatic hydroxyl groups is 4. The molecule has 1 aromatic rings. The molecule has 0 spiro atoms. The first-order chi connectivity index (χ1) is 19.2. The molecule has 0 saturated carbocycles. The lowest BCUT2D eigenvalue weighted by molar-refractivity contribution is -0.148. The Morgan fingerprint density at radius 1 is 1.15 bits per heavy atom. The fraction of sp³-hybridized carbons (Fsp3) is 0.481. The molecule has 6 rings (SSSR count). The Hall–Kier alpha value is -3.85. The molecule has 1 saturated heterocycles. The van der Waals surface area contributed by atoms with Gasteiger partial charge in [-0.05, 0) is 39.3 Å². The van der Waals surface area contributed by atoms with Crippen molar-refractivity contribution >= 4 is 29.1 Å². The summed E-state index contributed by atoms with van der Waals surface area (Å²) in [4.78, 5) is 55.2. The quantitative estimate of drug-likeness (QED) is 0.171. The van der Waals surface area contributed by atoms with E-state index in [-0.39, 0.29) is 49.2 Å². The van der Waals surface area contributed by atoms with E-state index in [0.717, 1.165) is 0 Å². The van der Waals surface area contributed by atoms with Crippen molar-refractivity contribution in [2.45, 2.75) is 49.6 Å². The lowest BCUT2D eigenvalue weighted by Crippen LogP contribution is -2.63. The van der Waals surface area contributed by atoms with E-state index in [4.69, 9.17) is 5.73 Å². The van der Waals surface area contributed by atoms with Gasteiger partial charge in [-0.3, -0.25) is 29.0 Å². The van der Waals surface area contributed by atoms with E-state index in [0.29, 0.717) is 0 Å². The van der Waals surface area contributed by atoms with Crippen LogP contribution in [0.25, 0.3) is 0 Å². The largest absolute Gasteiger partial charge is 0.510 e. The number of rotatable bonds is 2. The van der Waals surface area contributed by atoms with Crippen molar-refractivity contribution in [1.29, 1.82) is 0 Å². The van der Waals surface area contributed by atoms with Gasteiger partial charge in [-0.25, -0.2) is 4.39 Å². The third-order valence-electron chi connectivity index (χ3n) is 9.22. The lowest BCUT2D eigenvalue weighted by Gasteiger charge is -2.50. The molecule has 0 radical (unpaired) electrons. The van der Waals surface area contributed by atoms with Gasteiger partial charge in [0.25, 0.3) is 5.91 Å². The van der Waals surface area contributed by atoms with Gasteiger partial charge in [0, 0.05) is 35.7 Å². The van der Waals surface area contributed by atoms with Gasteiger partial charge in [-0.2, -0.15) is 0 Å². The Balaban J connectivity index is 1.52. The summed E-state index contributed by atoms with van der Waals surface area (Å²) >= 11 is 0. The second-order valence-electron chi connectivity index (χ2n) is 11.7. The van der Waals surface area contributed by atoms with Crippen LogP contribution in [0, 0.1) is 17.7 Å². The molecule has 2 heterocycles. The summed E-state index contributed by atoms with van der Waals surface area (Å²) in [5.41, 5.74) is 0.109. The molecule has 218 valence electrons. The van der Waals surface area contributed by atoms with Crippen molar-refractivity contribution in [3.63, 3.8) is 0 Å². The molecular formula is C27H29FN4O9. The molecule has 1 fully saturated rings. The molecule has 13 nitrogen and oxygen atoms in total. The van der Waals surface area contributed by atoms with Crippen molar-refractivity contribution in [3.05, 3.63) is 45.2 Å². The molecule has 0 aromatic heterocycles. The van der Waals surface area contributed by atoms with Crippen LogP contribution in [0.2, 0.25) is 0 Å². The number of aromatic hydroxyl groups is 1. The van der Waals surface area contributed by atoms with Crippen LogP contribution in [0.15, 0.2) is 22.7 Å². The molecule has 5 aliphatic rings. The second kappa shape index (κ2) is 8.82. The first-order valence-corrected chi connectivity index (χ1v) is 13.1. The minimum absolute atomic E-state index is 0.0614. The Kier molecular flexibility index (Phi) is 5.88. The lowest BCUT2D eigenvalue weighted by atomic mass is 9.58. The molecule has 0 bridgehead atoms. The van der Waals surface area contributed by atoms with Crippen molar-refractivity contribution in [3.8, 4) is 5.75 Å². The number of fused-ring (bicyclic) bond motifs is 5. The van der Waals surface area contributed by atoms with Crippen LogP contribution in [0.1, 0.15) is 34.3 Å². The van der Waals surface area contributed by atoms with Gasteiger partial charge in [-0.15, -0.1) is 0 Å². The number of ketones is 2. The van der Waals surface area contributed by atoms with E-state index < -0.39 is 98.8 Å². The number of benzene rings is 1. The van der Waals surface area contributed by atoms with E-state index in [1.54, 1.807) is 4.90 Å². The molecule has 3 aliphatic carbocycles. The Morgan fingerprint density at radius 3 is 2.46 bits per heavy atom. The Morgan fingerprint density at radius 2 is 1.83 bits per heavy atom. The zero-order chi connectivity index (χ0) is 29.9. The third-order valence-corrected chi connectivity index (χ3v) is 9.22. The van der Waals surface area contributed by atoms with Crippen molar-refractivity contribution in [2.24, 2.45) is 17.6 Å². The number of Topliss-reactive ketones (excluding diaryl/α,β-unsaturated/α-hetero) is 2. The molecule has 2 aliphatic heterocycles. The van der Waals surface area contributed by atoms with Gasteiger partial charge in [0.15, 0.2) is 17.1 Å². The molecule has 6 atom stereocenters. The topological polar surface area (TPSA) is 214 Å². The highest BCUT2D eigenvalue weighted by Gasteiger charge is 2.63. The number of carbonyl (C=O) groups is 4. The van der Waals surface area contributed by atoms with Crippen LogP contribution in [0.5, 0.6) is 5.75 Å². The highest BCUT2D eigenvalue weighted by Crippen LogP contribution is 2.54. The molecule has 0 unspecified atom stereocenters. The normalized spacial score (nSPS) is 33.1. The average molecular weight is 573 g/mol. The minimum atomic E-state index is -2.82. The van der Waals surface area contributed by atoms with Crippen LogP contribution in [-0.2, 0) is 27.3 Å². The number of phenolic OH excluding ortho intramolecular Hbond substituents is 1. The molecule has 14 heteroatoms. The maximum atomic E-state index is 16.2. The Labute approximate surface area is 232 Å². The van der Waals surface area contributed by atoms with E-state index in [2.05, 4.69) is 5.32 Å². The maximum absolute atomic E-state index is 16.2. The number of nitrogens with one attached hydrogen (secondary N) is 1. The molecule has 1 aromatic carbocycles. The maximum Gasteiger partial charge on any atom is 0.255 e. The zero-order valence-corrected chi connectivity index (χ0v) is 22.1. The summed E-state index contributed by atoms with van der Waals surface area (Å²) in [6.07, 6.45) is -1.08. The van der Waals surface area contributed by atoms with Crippen molar-refractivity contribution in [1.82, 2.24) is 9.80 Å². The van der Waals surface area contributed by atoms with E-state index in [9.17, 15) is 44.7 Å². The number of phenols is 1. The van der Waals surface area contributed by atoms with Crippen LogP contribution < -0.4 is 11.1 Å². The summed E-state index contributed by atoms with van der Waals surface area (Å²) < 4.78 is 16.2. The molecule has 41 heavy (non-hydrogen) atoms. The number of anilines is 1. The van der Waals surface area contributed by atoms with E-state index in [1.807, 2.05) is 0 Å². The predicted octanol–water partition coefficient (Wildman–Crippen LogP) is -0.853. The summed E-state index contributed by atoms with van der Waals surface area (Å²) in [6, 6.07) is -1.94. The summed E-state index contributed by atoms with van der Waals surface area (Å²) in [5.74, 6) is -9.86. The number of hydrogen-bond acceptors (Lipinski definition) is 11. The third kappa shape index (κ3) is 3.47. The van der Waals surface area contributed by atoms with Gasteiger partial charge in [-0.1, -0.05) is 0 Å². The van der Waals surface area contributed by atoms with E-state index >= 15 is 4.39 Å². The SMILES string of the molecule is CN(C)[C@@H]1C(O)=C(C(N)=O)C(=O)[C@@]2(O)C(O)=C3C(=O)c4c(O)c5c(c(F)c4C[C@H]3C[C@@H]12)CN1C[C@@H](O)C[C@H]1C(=O)N5. The van der Waals surface area contributed by atoms with Gasteiger partial charge >= 0.3 is 0 Å². The van der Waals surface area contributed by atoms with Crippen molar-refractivity contribution < 1.29 is 49.1 Å². The van der Waals surface area contributed by atoms with Gasteiger partial charge in [0.2, 0.25) is 11.7 Å². The van der Waals surface area contributed by atoms with Crippen LogP contribution in [0.3, 0.4) is 0 Å². The number of halogens is 1. The number of nitrogens with zero attached hydrogens (tertiary/aromatic N) is 2. The Bertz CT molecular complexity index is 1530. The van der Waals surface area contributed by atoms with Crippen molar-refractivity contribution in [2.75, 3.05) is 26.0 Å². The fourth-order valence-electron chi connectivity index (χ4n) is 7.42. The smallest absolute Gasteiger partial charge is 0.255 e. The van der Waals surface area contributed by atoms with Crippen LogP contribution >= 0.6 is 0 Å². The highest BCUT2D eigenvalue weighted by atomic mass is 19.1. The number of carbonyl (C=O) groups excluding carboxylic acids is 4. The summed E-state index contributed by atoms with van der Waals surface area (Å²) in [5, 5.41) is 57.6. The first-order valence-electron chi connectivity index (χ1n) is 13.1. The number of aliphatic hydroxyl groups excluding tert-OH is 3. The molecule has 8 N–H and O–H groups in total. The van der Waals surface area contributed by atoms with Crippen LogP contribution in [0.4, 0.5) is 10.1 Å². The monoisotopic (exact) mass is 572 g/mol.